The number of hydrogen-bond acceptors (Lipinski definition) is 8. The molecule has 0 bridgehead atoms. The van der Waals surface area contributed by atoms with E-state index in [2.05, 4.69) is 30.5 Å². The van der Waals surface area contributed by atoms with Crippen molar-refractivity contribution in [1.29, 1.82) is 0 Å². The van der Waals surface area contributed by atoms with Gasteiger partial charge >= 0.3 is 0 Å². The Morgan fingerprint density at radius 1 is 0.957 bits per heavy atom. The van der Waals surface area contributed by atoms with Crippen molar-refractivity contribution in [2.24, 2.45) is 5.92 Å². The van der Waals surface area contributed by atoms with Crippen molar-refractivity contribution in [2.75, 3.05) is 20.3 Å². The fourth-order valence-electron chi connectivity index (χ4n) is 4.84. The molecule has 0 N–H and O–H groups in total. The predicted octanol–water partition coefficient (Wildman–Crippen LogP) is 6.72. The number of thiazole rings is 1. The number of para-hydroxylation sites is 1. The van der Waals surface area contributed by atoms with E-state index in [9.17, 15) is 4.79 Å². The minimum atomic E-state index is -0.241. The van der Waals surface area contributed by atoms with Crippen LogP contribution in [0.3, 0.4) is 0 Å². The zero-order chi connectivity index (χ0) is 32.8. The van der Waals surface area contributed by atoms with Crippen molar-refractivity contribution in [3.63, 3.8) is 0 Å². The first kappa shape index (κ1) is 31.5. The zero-order valence-corrected chi connectivity index (χ0v) is 27.3. The number of aromatic nitrogens is 5. The normalized spacial score (nSPS) is 12.0. The predicted molar refractivity (Wildman–Crippen MR) is 187 cm³/mol. The molecule has 0 saturated carbocycles. The molecule has 0 atom stereocenters. The molecule has 0 saturated heterocycles. The lowest BCUT2D eigenvalue weighted by Gasteiger charge is -2.09. The summed E-state index contributed by atoms with van der Waals surface area (Å²) in [6.07, 6.45) is 10.1. The lowest BCUT2D eigenvalue weighted by molar-refractivity contribution is 0.289. The van der Waals surface area contributed by atoms with Crippen molar-refractivity contribution >= 4 is 34.5 Å². The minimum Gasteiger partial charge on any atom is -0.494 e. The highest BCUT2D eigenvalue weighted by Crippen LogP contribution is 2.29. The van der Waals surface area contributed by atoms with Crippen LogP contribution in [0.4, 0.5) is 0 Å². The van der Waals surface area contributed by atoms with Crippen LogP contribution in [0.5, 0.6) is 17.2 Å². The van der Waals surface area contributed by atoms with E-state index in [0.717, 1.165) is 40.2 Å². The summed E-state index contributed by atoms with van der Waals surface area (Å²) in [4.78, 5) is 18.6. The summed E-state index contributed by atoms with van der Waals surface area (Å²) in [5.74, 6) is 3.06. The molecule has 238 valence electrons. The third-order valence-corrected chi connectivity index (χ3v) is 8.27. The second kappa shape index (κ2) is 14.3. The SMILES string of the molecule is C=CCOc1ccc(/C=C/c2nc3s/c(=C\c4cn(-c5ccccc5)nc4-c4ccc(OCCC(C)C)cc4)c(=O)n3n2)cc1OC. The van der Waals surface area contributed by atoms with Gasteiger partial charge in [-0.15, -0.1) is 5.10 Å². The number of fused-ring (bicyclic) bond motifs is 1. The second-order valence-electron chi connectivity index (χ2n) is 11.2. The third kappa shape index (κ3) is 7.34. The van der Waals surface area contributed by atoms with Crippen molar-refractivity contribution in [2.45, 2.75) is 20.3 Å². The summed E-state index contributed by atoms with van der Waals surface area (Å²) in [6, 6.07) is 23.4. The molecule has 0 aliphatic carbocycles. The first-order valence-electron chi connectivity index (χ1n) is 15.3. The van der Waals surface area contributed by atoms with Gasteiger partial charge in [-0.05, 0) is 78.6 Å². The summed E-state index contributed by atoms with van der Waals surface area (Å²) in [7, 11) is 1.59. The fraction of sp³-hybridized carbons (Fsp3) is 0.189. The summed E-state index contributed by atoms with van der Waals surface area (Å²) < 4.78 is 20.7. The fourth-order valence-corrected chi connectivity index (χ4v) is 5.74. The largest absolute Gasteiger partial charge is 0.494 e. The molecule has 6 aromatic rings. The lowest BCUT2D eigenvalue weighted by Crippen LogP contribution is -2.23. The Balaban J connectivity index is 1.30. The van der Waals surface area contributed by atoms with Crippen LogP contribution in [-0.2, 0) is 0 Å². The zero-order valence-electron chi connectivity index (χ0n) is 26.5. The van der Waals surface area contributed by atoms with Crippen molar-refractivity contribution in [3.8, 4) is 34.2 Å². The molecule has 0 amide bonds. The van der Waals surface area contributed by atoms with Crippen LogP contribution in [-0.4, -0.2) is 44.7 Å². The number of rotatable bonds is 13. The minimum absolute atomic E-state index is 0.241. The van der Waals surface area contributed by atoms with E-state index in [-0.39, 0.29) is 5.56 Å². The molecule has 47 heavy (non-hydrogen) atoms. The Morgan fingerprint density at radius 3 is 2.49 bits per heavy atom. The Morgan fingerprint density at radius 2 is 1.77 bits per heavy atom. The quantitative estimate of drug-likeness (QED) is 0.129. The summed E-state index contributed by atoms with van der Waals surface area (Å²) in [5.41, 5.74) is 4.02. The molecule has 0 radical (unpaired) electrons. The van der Waals surface area contributed by atoms with Crippen LogP contribution in [0, 0.1) is 5.92 Å². The highest BCUT2D eigenvalue weighted by Gasteiger charge is 2.14. The van der Waals surface area contributed by atoms with Gasteiger partial charge in [-0.2, -0.15) is 14.6 Å². The monoisotopic (exact) mass is 645 g/mol. The standard InChI is InChI=1S/C37H35N5O4S/c1-5-20-46-31-17-11-26(22-32(31)44-4)12-18-34-38-37-42(39-34)36(43)33(47-37)23-28-24-41(29-9-7-6-8-10-29)40-35(28)27-13-15-30(16-14-27)45-21-19-25(2)3/h5-18,22-25H,1,19-21H2,2-4H3/b18-12+,33-23-. The molecular formula is C37H35N5O4S. The summed E-state index contributed by atoms with van der Waals surface area (Å²) in [6.45, 7) is 9.09. The molecule has 3 aromatic heterocycles. The average molecular weight is 646 g/mol. The second-order valence-corrected chi connectivity index (χ2v) is 12.2. The van der Waals surface area contributed by atoms with E-state index in [1.165, 1.54) is 15.9 Å². The van der Waals surface area contributed by atoms with Crippen molar-refractivity contribution in [1.82, 2.24) is 24.4 Å². The van der Waals surface area contributed by atoms with Crippen LogP contribution in [0.25, 0.3) is 40.1 Å². The lowest BCUT2D eigenvalue weighted by atomic mass is 10.1. The molecule has 0 aliphatic rings. The number of nitrogens with zero attached hydrogens (tertiary/aromatic N) is 5. The highest BCUT2D eigenvalue weighted by atomic mass is 32.1. The summed E-state index contributed by atoms with van der Waals surface area (Å²) >= 11 is 1.29. The van der Waals surface area contributed by atoms with Gasteiger partial charge in [-0.25, -0.2) is 4.68 Å². The van der Waals surface area contributed by atoms with Gasteiger partial charge in [0.1, 0.15) is 18.1 Å². The van der Waals surface area contributed by atoms with Gasteiger partial charge in [0.05, 0.1) is 23.9 Å². The number of methoxy groups -OCH3 is 1. The molecule has 10 heteroatoms. The maximum atomic E-state index is 13.5. The first-order chi connectivity index (χ1) is 22.9. The van der Waals surface area contributed by atoms with Crippen LogP contribution in [0.1, 0.15) is 37.2 Å². The number of benzene rings is 3. The van der Waals surface area contributed by atoms with E-state index in [0.29, 0.717) is 45.9 Å². The highest BCUT2D eigenvalue weighted by molar-refractivity contribution is 7.15. The summed E-state index contributed by atoms with van der Waals surface area (Å²) in [5, 5.41) is 9.38. The van der Waals surface area contributed by atoms with Gasteiger partial charge in [-0.1, -0.05) is 68.2 Å². The van der Waals surface area contributed by atoms with E-state index in [1.807, 2.05) is 95.8 Å². The molecule has 3 heterocycles. The first-order valence-corrected chi connectivity index (χ1v) is 16.1. The van der Waals surface area contributed by atoms with Crippen LogP contribution in [0.2, 0.25) is 0 Å². The van der Waals surface area contributed by atoms with Crippen LogP contribution >= 0.6 is 11.3 Å². The smallest absolute Gasteiger partial charge is 0.291 e. The van der Waals surface area contributed by atoms with Crippen LogP contribution < -0.4 is 24.3 Å². The van der Waals surface area contributed by atoms with Gasteiger partial charge < -0.3 is 14.2 Å². The van der Waals surface area contributed by atoms with E-state index in [1.54, 1.807) is 19.3 Å². The maximum Gasteiger partial charge on any atom is 0.291 e. The van der Waals surface area contributed by atoms with Gasteiger partial charge in [0.15, 0.2) is 17.3 Å². The van der Waals surface area contributed by atoms with Gasteiger partial charge in [-0.3, -0.25) is 4.79 Å². The Hall–Kier alpha value is -5.48. The van der Waals surface area contributed by atoms with Gasteiger partial charge in [0.2, 0.25) is 4.96 Å². The van der Waals surface area contributed by atoms with Gasteiger partial charge in [0, 0.05) is 17.3 Å². The van der Waals surface area contributed by atoms with Crippen molar-refractivity contribution in [3.05, 3.63) is 123 Å². The van der Waals surface area contributed by atoms with Gasteiger partial charge in [0.25, 0.3) is 5.56 Å². The molecule has 0 unspecified atom stereocenters. The molecule has 6 rings (SSSR count). The number of hydrogen-bond donors (Lipinski definition) is 0. The van der Waals surface area contributed by atoms with E-state index in [4.69, 9.17) is 19.3 Å². The molecule has 3 aromatic carbocycles. The van der Waals surface area contributed by atoms with Crippen molar-refractivity contribution < 1.29 is 14.2 Å². The molecule has 0 spiro atoms. The molecule has 9 nitrogen and oxygen atoms in total. The molecule has 0 fully saturated rings. The number of ether oxygens (including phenoxy) is 3. The molecular weight excluding hydrogens is 611 g/mol. The Kier molecular flexibility index (Phi) is 9.59. The maximum absolute atomic E-state index is 13.5. The van der Waals surface area contributed by atoms with Crippen LogP contribution in [0.15, 0.2) is 96.4 Å². The van der Waals surface area contributed by atoms with E-state index < -0.39 is 0 Å². The molecule has 0 aliphatic heterocycles. The average Bonchev–Trinajstić information content (AvgIpc) is 3.78. The Labute approximate surface area is 276 Å². The van der Waals surface area contributed by atoms with E-state index >= 15 is 0 Å². The Bertz CT molecular complexity index is 2130. The third-order valence-electron chi connectivity index (χ3n) is 7.31. The topological polar surface area (TPSA) is 92.8 Å².